The summed E-state index contributed by atoms with van der Waals surface area (Å²) in [5, 5.41) is 1.14. The van der Waals surface area contributed by atoms with Crippen LogP contribution in [0.3, 0.4) is 0 Å². The van der Waals surface area contributed by atoms with Gasteiger partial charge in [-0.1, -0.05) is 54.6 Å². The van der Waals surface area contributed by atoms with Crippen molar-refractivity contribution in [3.05, 3.63) is 96.1 Å². The summed E-state index contributed by atoms with van der Waals surface area (Å²) in [7, 11) is 0. The number of fused-ring (bicyclic) bond motifs is 2. The van der Waals surface area contributed by atoms with Gasteiger partial charge >= 0.3 is 0 Å². The fourth-order valence-electron chi connectivity index (χ4n) is 3.96. The second kappa shape index (κ2) is 7.18. The third-order valence-electron chi connectivity index (χ3n) is 5.43. The Hall–Kier alpha value is -3.77. The SMILES string of the molecule is Brc1ccc(-c2cnc3nc(-c4c[nH]c5ccccc45)c(-c4ccccc4)n3c2)cn1. The summed E-state index contributed by atoms with van der Waals surface area (Å²) >= 11 is 3.40. The number of hydrogen-bond acceptors (Lipinski definition) is 3. The van der Waals surface area contributed by atoms with E-state index in [1.807, 2.05) is 55.0 Å². The summed E-state index contributed by atoms with van der Waals surface area (Å²) in [6.07, 6.45) is 7.80. The van der Waals surface area contributed by atoms with Crippen LogP contribution in [0.5, 0.6) is 0 Å². The van der Waals surface area contributed by atoms with E-state index in [2.05, 4.69) is 71.8 Å². The molecule has 0 aliphatic rings. The Morgan fingerprint density at radius 1 is 0.774 bits per heavy atom. The first-order valence-electron chi connectivity index (χ1n) is 9.90. The number of aromatic nitrogens is 5. The fraction of sp³-hybridized carbons (Fsp3) is 0. The highest BCUT2D eigenvalue weighted by Crippen LogP contribution is 2.36. The first-order chi connectivity index (χ1) is 15.3. The normalized spacial score (nSPS) is 11.4. The van der Waals surface area contributed by atoms with E-state index >= 15 is 0 Å². The van der Waals surface area contributed by atoms with Crippen molar-refractivity contribution in [2.24, 2.45) is 0 Å². The third kappa shape index (κ3) is 3.04. The number of halogens is 1. The van der Waals surface area contributed by atoms with Crippen molar-refractivity contribution in [2.45, 2.75) is 0 Å². The number of nitrogens with zero attached hydrogens (tertiary/aromatic N) is 4. The standard InChI is InChI=1S/C25H16BrN5/c26-22-11-10-17(12-28-22)18-13-29-25-30-23(20-14-27-21-9-5-4-8-19(20)21)24(31(25)15-18)16-6-2-1-3-7-16/h1-15,27H. The number of H-pyrrole nitrogens is 1. The predicted molar refractivity (Wildman–Crippen MR) is 127 cm³/mol. The molecule has 0 bridgehead atoms. The lowest BCUT2D eigenvalue weighted by molar-refractivity contribution is 1.11. The van der Waals surface area contributed by atoms with E-state index in [9.17, 15) is 0 Å². The van der Waals surface area contributed by atoms with Crippen LogP contribution in [0.4, 0.5) is 0 Å². The van der Waals surface area contributed by atoms with Crippen LogP contribution in [0.25, 0.3) is 50.3 Å². The third-order valence-corrected chi connectivity index (χ3v) is 5.90. The van der Waals surface area contributed by atoms with Crippen LogP contribution in [-0.4, -0.2) is 24.3 Å². The molecule has 0 aliphatic heterocycles. The highest BCUT2D eigenvalue weighted by molar-refractivity contribution is 9.10. The molecular formula is C25H16BrN5. The van der Waals surface area contributed by atoms with Gasteiger partial charge in [0.05, 0.1) is 5.69 Å². The molecule has 0 saturated carbocycles. The minimum atomic E-state index is 0.660. The highest BCUT2D eigenvalue weighted by Gasteiger charge is 2.19. The van der Waals surface area contributed by atoms with Gasteiger partial charge in [-0.05, 0) is 28.1 Å². The van der Waals surface area contributed by atoms with Gasteiger partial charge in [-0.3, -0.25) is 4.40 Å². The molecule has 6 heteroatoms. The number of pyridine rings is 1. The molecule has 0 radical (unpaired) electrons. The topological polar surface area (TPSA) is 58.9 Å². The Morgan fingerprint density at radius 2 is 1.58 bits per heavy atom. The molecule has 0 unspecified atom stereocenters. The number of hydrogen-bond donors (Lipinski definition) is 1. The van der Waals surface area contributed by atoms with E-state index in [0.717, 1.165) is 49.1 Å². The summed E-state index contributed by atoms with van der Waals surface area (Å²) in [5.41, 5.74) is 7.13. The Bertz CT molecular complexity index is 1530. The second-order valence-corrected chi connectivity index (χ2v) is 8.12. The maximum Gasteiger partial charge on any atom is 0.234 e. The van der Waals surface area contributed by atoms with Crippen molar-refractivity contribution < 1.29 is 0 Å². The molecule has 0 aliphatic carbocycles. The maximum atomic E-state index is 4.94. The van der Waals surface area contributed by atoms with Gasteiger partial charge in [0, 0.05) is 57.9 Å². The molecule has 0 fully saturated rings. The number of imidazole rings is 1. The fourth-order valence-corrected chi connectivity index (χ4v) is 4.19. The molecule has 0 amide bonds. The van der Waals surface area contributed by atoms with Crippen molar-refractivity contribution >= 4 is 32.6 Å². The van der Waals surface area contributed by atoms with Gasteiger partial charge in [0.1, 0.15) is 10.3 Å². The predicted octanol–water partition coefficient (Wildman–Crippen LogP) is 6.37. The lowest BCUT2D eigenvalue weighted by atomic mass is 10.0. The van der Waals surface area contributed by atoms with Crippen molar-refractivity contribution in [1.82, 2.24) is 24.3 Å². The van der Waals surface area contributed by atoms with Gasteiger partial charge in [-0.15, -0.1) is 0 Å². The van der Waals surface area contributed by atoms with E-state index in [1.54, 1.807) is 0 Å². The number of aromatic amines is 1. The molecule has 2 aromatic carbocycles. The molecule has 4 heterocycles. The van der Waals surface area contributed by atoms with E-state index in [4.69, 9.17) is 4.98 Å². The van der Waals surface area contributed by atoms with Crippen LogP contribution in [0.2, 0.25) is 0 Å². The van der Waals surface area contributed by atoms with E-state index in [1.165, 1.54) is 0 Å². The largest absolute Gasteiger partial charge is 0.360 e. The number of benzene rings is 2. The summed E-state index contributed by atoms with van der Waals surface area (Å²) in [5.74, 6) is 0.660. The Labute approximate surface area is 186 Å². The smallest absolute Gasteiger partial charge is 0.234 e. The lowest BCUT2D eigenvalue weighted by Gasteiger charge is -2.07. The number of rotatable bonds is 3. The average molecular weight is 466 g/mol. The molecule has 6 rings (SSSR count). The van der Waals surface area contributed by atoms with Crippen LogP contribution >= 0.6 is 15.9 Å². The van der Waals surface area contributed by atoms with Gasteiger partial charge < -0.3 is 4.98 Å². The van der Waals surface area contributed by atoms with E-state index in [0.29, 0.717) is 5.78 Å². The molecule has 31 heavy (non-hydrogen) atoms. The zero-order valence-electron chi connectivity index (χ0n) is 16.3. The van der Waals surface area contributed by atoms with Crippen molar-refractivity contribution in [3.63, 3.8) is 0 Å². The molecule has 148 valence electrons. The quantitative estimate of drug-likeness (QED) is 0.309. The summed E-state index contributed by atoms with van der Waals surface area (Å²) in [6, 6.07) is 22.6. The molecule has 4 aromatic heterocycles. The maximum absolute atomic E-state index is 4.94. The van der Waals surface area contributed by atoms with E-state index in [-0.39, 0.29) is 0 Å². The van der Waals surface area contributed by atoms with Gasteiger partial charge in [0.15, 0.2) is 0 Å². The molecule has 0 saturated heterocycles. The van der Waals surface area contributed by atoms with Crippen LogP contribution < -0.4 is 0 Å². The Morgan fingerprint density at radius 3 is 2.42 bits per heavy atom. The van der Waals surface area contributed by atoms with Crippen molar-refractivity contribution in [2.75, 3.05) is 0 Å². The summed E-state index contributed by atoms with van der Waals surface area (Å²) < 4.78 is 2.88. The van der Waals surface area contributed by atoms with Gasteiger partial charge in [-0.25, -0.2) is 15.0 Å². The molecular weight excluding hydrogens is 450 g/mol. The summed E-state index contributed by atoms with van der Waals surface area (Å²) in [6.45, 7) is 0. The van der Waals surface area contributed by atoms with Crippen LogP contribution in [0.1, 0.15) is 0 Å². The van der Waals surface area contributed by atoms with Gasteiger partial charge in [-0.2, -0.15) is 0 Å². The Kier molecular flexibility index (Phi) is 4.18. The zero-order valence-corrected chi connectivity index (χ0v) is 17.9. The number of para-hydroxylation sites is 1. The zero-order chi connectivity index (χ0) is 20.8. The first-order valence-corrected chi connectivity index (χ1v) is 10.7. The van der Waals surface area contributed by atoms with Crippen LogP contribution in [0, 0.1) is 0 Å². The monoisotopic (exact) mass is 465 g/mol. The summed E-state index contributed by atoms with van der Waals surface area (Å²) in [4.78, 5) is 17.3. The molecule has 6 aromatic rings. The lowest BCUT2D eigenvalue weighted by Crippen LogP contribution is -1.93. The van der Waals surface area contributed by atoms with Crippen LogP contribution in [0.15, 0.2) is 96.1 Å². The first kappa shape index (κ1) is 18.0. The van der Waals surface area contributed by atoms with Crippen molar-refractivity contribution in [1.29, 1.82) is 0 Å². The molecule has 5 nitrogen and oxygen atoms in total. The van der Waals surface area contributed by atoms with Gasteiger partial charge in [0.25, 0.3) is 0 Å². The van der Waals surface area contributed by atoms with Crippen molar-refractivity contribution in [3.8, 4) is 33.6 Å². The molecule has 1 N–H and O–H groups in total. The average Bonchev–Trinajstić information content (AvgIpc) is 3.41. The molecule has 0 atom stereocenters. The minimum absolute atomic E-state index is 0.660. The number of nitrogens with one attached hydrogen (secondary N) is 1. The van der Waals surface area contributed by atoms with Crippen LogP contribution in [-0.2, 0) is 0 Å². The second-order valence-electron chi connectivity index (χ2n) is 7.31. The van der Waals surface area contributed by atoms with Gasteiger partial charge in [0.2, 0.25) is 5.78 Å². The minimum Gasteiger partial charge on any atom is -0.360 e. The highest BCUT2D eigenvalue weighted by atomic mass is 79.9. The molecule has 0 spiro atoms. The van der Waals surface area contributed by atoms with E-state index < -0.39 is 0 Å². The Balaban J connectivity index is 1.64.